The molecule has 1 aromatic rings. The molecule has 19 heavy (non-hydrogen) atoms. The van der Waals surface area contributed by atoms with Crippen LogP contribution in [-0.4, -0.2) is 41.7 Å². The Bertz CT molecular complexity index is 462. The van der Waals surface area contributed by atoms with E-state index in [1.165, 1.54) is 0 Å². The number of aliphatic hydroxyl groups is 2. The molecule has 0 unspecified atom stereocenters. The van der Waals surface area contributed by atoms with Crippen molar-refractivity contribution in [2.24, 2.45) is 0 Å². The summed E-state index contributed by atoms with van der Waals surface area (Å²) in [7, 11) is 0. The van der Waals surface area contributed by atoms with Crippen LogP contribution in [0.2, 0.25) is 0 Å². The van der Waals surface area contributed by atoms with Crippen LogP contribution >= 0.6 is 0 Å². The van der Waals surface area contributed by atoms with Crippen LogP contribution in [0.3, 0.4) is 0 Å². The summed E-state index contributed by atoms with van der Waals surface area (Å²) in [6, 6.07) is 4.84. The van der Waals surface area contributed by atoms with Gasteiger partial charge in [0.25, 0.3) is 5.91 Å². The van der Waals surface area contributed by atoms with E-state index in [4.69, 9.17) is 9.47 Å². The highest BCUT2D eigenvalue weighted by atomic mass is 16.7. The molecule has 0 bridgehead atoms. The molecule has 6 heteroatoms. The van der Waals surface area contributed by atoms with E-state index >= 15 is 0 Å². The number of rotatable bonds is 5. The summed E-state index contributed by atoms with van der Waals surface area (Å²) in [5.41, 5.74) is -0.614. The molecular weight excluding hydrogens is 250 g/mol. The Balaban J connectivity index is 2.16. The molecule has 0 atom stereocenters. The first-order valence-corrected chi connectivity index (χ1v) is 6.08. The minimum atomic E-state index is -1.01. The van der Waals surface area contributed by atoms with Crippen molar-refractivity contribution >= 4 is 5.91 Å². The Morgan fingerprint density at radius 1 is 1.32 bits per heavy atom. The molecule has 1 amide bonds. The highest BCUT2D eigenvalue weighted by Gasteiger charge is 2.29. The number of fused-ring (bicyclic) bond motifs is 1. The first-order valence-electron chi connectivity index (χ1n) is 6.08. The topological polar surface area (TPSA) is 88.0 Å². The number of carbonyl (C=O) groups excluding carboxylic acids is 1. The van der Waals surface area contributed by atoms with Gasteiger partial charge in [-0.05, 0) is 24.6 Å². The Kier molecular flexibility index (Phi) is 3.92. The van der Waals surface area contributed by atoms with Gasteiger partial charge in [-0.1, -0.05) is 6.92 Å². The Hall–Kier alpha value is -1.79. The molecule has 0 spiro atoms. The molecule has 0 radical (unpaired) electrons. The summed E-state index contributed by atoms with van der Waals surface area (Å²) < 4.78 is 10.4. The monoisotopic (exact) mass is 267 g/mol. The molecular formula is C13H17NO5. The molecule has 2 rings (SSSR count). The van der Waals surface area contributed by atoms with E-state index in [9.17, 15) is 15.0 Å². The first-order chi connectivity index (χ1) is 9.14. The van der Waals surface area contributed by atoms with Crippen LogP contribution in [0.5, 0.6) is 11.5 Å². The van der Waals surface area contributed by atoms with E-state index in [0.717, 1.165) is 0 Å². The quantitative estimate of drug-likeness (QED) is 0.713. The molecule has 6 nitrogen and oxygen atoms in total. The van der Waals surface area contributed by atoms with E-state index in [0.29, 0.717) is 23.5 Å². The minimum Gasteiger partial charge on any atom is -0.454 e. The van der Waals surface area contributed by atoms with Crippen LogP contribution in [-0.2, 0) is 0 Å². The number of hydrogen-bond acceptors (Lipinski definition) is 5. The van der Waals surface area contributed by atoms with Crippen molar-refractivity contribution in [3.8, 4) is 11.5 Å². The number of benzene rings is 1. The van der Waals surface area contributed by atoms with Gasteiger partial charge in [0.05, 0.1) is 18.8 Å². The zero-order valence-electron chi connectivity index (χ0n) is 10.7. The van der Waals surface area contributed by atoms with Crippen molar-refractivity contribution < 1.29 is 24.5 Å². The summed E-state index contributed by atoms with van der Waals surface area (Å²) in [6.45, 7) is 1.28. The van der Waals surface area contributed by atoms with Crippen LogP contribution in [0.25, 0.3) is 0 Å². The largest absolute Gasteiger partial charge is 0.454 e. The van der Waals surface area contributed by atoms with E-state index in [1.54, 1.807) is 25.1 Å². The Morgan fingerprint density at radius 3 is 2.63 bits per heavy atom. The van der Waals surface area contributed by atoms with Gasteiger partial charge in [-0.3, -0.25) is 4.79 Å². The van der Waals surface area contributed by atoms with Gasteiger partial charge >= 0.3 is 0 Å². The van der Waals surface area contributed by atoms with Gasteiger partial charge in [-0.25, -0.2) is 0 Å². The fourth-order valence-electron chi connectivity index (χ4n) is 1.79. The highest BCUT2D eigenvalue weighted by Crippen LogP contribution is 2.32. The van der Waals surface area contributed by atoms with E-state index < -0.39 is 5.54 Å². The lowest BCUT2D eigenvalue weighted by Gasteiger charge is -2.29. The van der Waals surface area contributed by atoms with Crippen LogP contribution in [0, 0.1) is 0 Å². The SMILES string of the molecule is CCC(CO)(CO)NC(=O)c1ccc2c(c1)OCO2. The summed E-state index contributed by atoms with van der Waals surface area (Å²) in [4.78, 5) is 12.1. The van der Waals surface area contributed by atoms with Gasteiger partial charge in [0, 0.05) is 5.56 Å². The number of ether oxygens (including phenoxy) is 2. The van der Waals surface area contributed by atoms with Gasteiger partial charge < -0.3 is 25.0 Å². The molecule has 1 aromatic carbocycles. The van der Waals surface area contributed by atoms with E-state index in [2.05, 4.69) is 5.32 Å². The lowest BCUT2D eigenvalue weighted by atomic mass is 9.98. The number of hydrogen-bond donors (Lipinski definition) is 3. The lowest BCUT2D eigenvalue weighted by Crippen LogP contribution is -2.53. The van der Waals surface area contributed by atoms with Crippen LogP contribution < -0.4 is 14.8 Å². The molecule has 0 fully saturated rings. The van der Waals surface area contributed by atoms with Crippen LogP contribution in [0.15, 0.2) is 18.2 Å². The minimum absolute atomic E-state index is 0.145. The fourth-order valence-corrected chi connectivity index (χ4v) is 1.79. The van der Waals surface area contributed by atoms with Crippen molar-refractivity contribution in [1.82, 2.24) is 5.32 Å². The predicted octanol–water partition coefficient (Wildman–Crippen LogP) is 0.278. The van der Waals surface area contributed by atoms with Crippen molar-refractivity contribution in [2.75, 3.05) is 20.0 Å². The number of nitrogens with one attached hydrogen (secondary N) is 1. The van der Waals surface area contributed by atoms with E-state index in [1.807, 2.05) is 0 Å². The number of amides is 1. The second kappa shape index (κ2) is 5.46. The summed E-state index contributed by atoms with van der Waals surface area (Å²) in [5.74, 6) is 0.744. The standard InChI is InChI=1S/C13H17NO5/c1-2-13(6-15,7-16)14-12(17)9-3-4-10-11(5-9)19-8-18-10/h3-5,15-16H,2,6-8H2,1H3,(H,14,17). The van der Waals surface area contributed by atoms with Crippen LogP contribution in [0.4, 0.5) is 0 Å². The molecule has 0 aliphatic carbocycles. The average molecular weight is 267 g/mol. The Labute approximate surface area is 111 Å². The maximum atomic E-state index is 12.1. The number of carbonyl (C=O) groups is 1. The molecule has 0 saturated heterocycles. The van der Waals surface area contributed by atoms with Gasteiger partial charge in [-0.2, -0.15) is 0 Å². The molecule has 3 N–H and O–H groups in total. The third-order valence-corrected chi connectivity index (χ3v) is 3.30. The van der Waals surface area contributed by atoms with Crippen molar-refractivity contribution in [3.63, 3.8) is 0 Å². The molecule has 1 heterocycles. The summed E-state index contributed by atoms with van der Waals surface area (Å²) >= 11 is 0. The van der Waals surface area contributed by atoms with E-state index in [-0.39, 0.29) is 25.9 Å². The predicted molar refractivity (Wildman–Crippen MR) is 67.2 cm³/mol. The summed E-state index contributed by atoms with van der Waals surface area (Å²) in [6.07, 6.45) is 0.427. The van der Waals surface area contributed by atoms with Crippen molar-refractivity contribution in [1.29, 1.82) is 0 Å². The first kappa shape index (κ1) is 13.6. The second-order valence-corrected chi connectivity index (χ2v) is 4.47. The molecule has 1 aliphatic rings. The smallest absolute Gasteiger partial charge is 0.252 e. The van der Waals surface area contributed by atoms with Gasteiger partial charge in [0.15, 0.2) is 11.5 Å². The van der Waals surface area contributed by atoms with Crippen molar-refractivity contribution in [3.05, 3.63) is 23.8 Å². The molecule has 104 valence electrons. The zero-order chi connectivity index (χ0) is 13.9. The Morgan fingerprint density at radius 2 is 2.00 bits per heavy atom. The summed E-state index contributed by atoms with van der Waals surface area (Å²) in [5, 5.41) is 21.3. The van der Waals surface area contributed by atoms with Gasteiger partial charge in [0.2, 0.25) is 6.79 Å². The second-order valence-electron chi connectivity index (χ2n) is 4.47. The number of aliphatic hydroxyl groups excluding tert-OH is 2. The van der Waals surface area contributed by atoms with Crippen molar-refractivity contribution in [2.45, 2.75) is 18.9 Å². The normalized spacial score (nSPS) is 13.4. The third-order valence-electron chi connectivity index (χ3n) is 3.30. The maximum absolute atomic E-state index is 12.1. The molecule has 1 aliphatic heterocycles. The van der Waals surface area contributed by atoms with Gasteiger partial charge in [0.1, 0.15) is 0 Å². The van der Waals surface area contributed by atoms with Crippen LogP contribution in [0.1, 0.15) is 23.7 Å². The van der Waals surface area contributed by atoms with Gasteiger partial charge in [-0.15, -0.1) is 0 Å². The average Bonchev–Trinajstić information content (AvgIpc) is 2.92. The zero-order valence-corrected chi connectivity index (χ0v) is 10.7. The highest BCUT2D eigenvalue weighted by molar-refractivity contribution is 5.95. The maximum Gasteiger partial charge on any atom is 0.252 e. The third kappa shape index (κ3) is 2.64. The lowest BCUT2D eigenvalue weighted by molar-refractivity contribution is 0.0652. The fraction of sp³-hybridized carbons (Fsp3) is 0.462. The molecule has 0 saturated carbocycles. The molecule has 0 aromatic heterocycles.